The van der Waals surface area contributed by atoms with Crippen LogP contribution in [0.15, 0.2) is 60.4 Å². The second-order valence-electron chi connectivity index (χ2n) is 16.0. The minimum atomic E-state index is -1.97. The minimum absolute atomic E-state index is 0.00190. The van der Waals surface area contributed by atoms with E-state index in [1.54, 1.807) is 12.1 Å². The summed E-state index contributed by atoms with van der Waals surface area (Å²) in [6, 6.07) is 10.9. The molecule has 0 bridgehead atoms. The lowest BCUT2D eigenvalue weighted by molar-refractivity contribution is -0.325. The fraction of sp³-hybridized carbons (Fsp3) is 0.477. The summed E-state index contributed by atoms with van der Waals surface area (Å²) in [5.41, 5.74) is 0.747. The number of methoxy groups -OCH3 is 2. The third-order valence-corrected chi connectivity index (χ3v) is 11.5. The molecule has 0 amide bonds. The predicted molar refractivity (Wildman–Crippen MR) is 222 cm³/mol. The van der Waals surface area contributed by atoms with Crippen LogP contribution in [0.1, 0.15) is 29.7 Å². The van der Waals surface area contributed by atoms with Crippen molar-refractivity contribution in [3.63, 3.8) is 0 Å². The molecule has 0 spiro atoms. The molecule has 16 atom stereocenters. The lowest BCUT2D eigenvalue weighted by atomic mass is 9.97. The number of esters is 1. The molecule has 0 aliphatic carbocycles. The van der Waals surface area contributed by atoms with E-state index in [4.69, 9.17) is 47.4 Å². The molecule has 23 heteroatoms. The zero-order valence-corrected chi connectivity index (χ0v) is 35.9. The molecule has 0 radical (unpaired) electrons. The van der Waals surface area contributed by atoms with Gasteiger partial charge in [-0.3, -0.25) is 0 Å². The van der Waals surface area contributed by atoms with Crippen molar-refractivity contribution in [2.75, 3.05) is 27.4 Å². The van der Waals surface area contributed by atoms with E-state index >= 15 is 0 Å². The summed E-state index contributed by atoms with van der Waals surface area (Å²) in [4.78, 5) is 12.6. The average Bonchev–Trinajstić information content (AvgIpc) is 3.31. The summed E-state index contributed by atoms with van der Waals surface area (Å²) in [5, 5.41) is 127. The van der Waals surface area contributed by atoms with Crippen molar-refractivity contribution in [1.82, 2.24) is 0 Å². The second kappa shape index (κ2) is 20.8. The zero-order valence-electron chi connectivity index (χ0n) is 35.9. The summed E-state index contributed by atoms with van der Waals surface area (Å²) >= 11 is 0. The van der Waals surface area contributed by atoms with Gasteiger partial charge in [0.2, 0.25) is 18.3 Å². The van der Waals surface area contributed by atoms with E-state index in [9.17, 15) is 66.1 Å². The van der Waals surface area contributed by atoms with Crippen molar-refractivity contribution < 1.29 is 113 Å². The summed E-state index contributed by atoms with van der Waals surface area (Å²) < 4.78 is 57.3. The van der Waals surface area contributed by atoms with E-state index in [1.807, 2.05) is 0 Å². The maximum Gasteiger partial charge on any atom is 0.331 e. The van der Waals surface area contributed by atoms with Gasteiger partial charge in [-0.05, 0) is 48.9 Å². The first-order valence-corrected chi connectivity index (χ1v) is 20.8. The number of hydrogen-bond donors (Lipinski definition) is 12. The molecule has 3 aromatic carbocycles. The van der Waals surface area contributed by atoms with Gasteiger partial charge in [0.05, 0.1) is 39.1 Å². The summed E-state index contributed by atoms with van der Waals surface area (Å²) in [6.07, 6.45) is -22.8. The molecule has 3 aromatic rings. The maximum absolute atomic E-state index is 12.6. The Morgan fingerprint density at radius 2 is 1.27 bits per heavy atom. The lowest BCUT2D eigenvalue weighted by Crippen LogP contribution is -2.61. The summed E-state index contributed by atoms with van der Waals surface area (Å²) in [5.74, 6) is -2.36. The molecule has 3 fully saturated rings. The zero-order chi connectivity index (χ0) is 48.4. The molecule has 0 aromatic heterocycles. The normalized spacial score (nSPS) is 34.1. The second-order valence-corrected chi connectivity index (χ2v) is 16.0. The van der Waals surface area contributed by atoms with E-state index in [0.717, 1.165) is 12.1 Å². The Morgan fingerprint density at radius 1 is 0.672 bits per heavy atom. The van der Waals surface area contributed by atoms with Gasteiger partial charge in [-0.2, -0.15) is 0 Å². The molecule has 4 heterocycles. The van der Waals surface area contributed by atoms with Crippen LogP contribution in [0.5, 0.6) is 40.2 Å². The Labute approximate surface area is 380 Å². The third kappa shape index (κ3) is 10.5. The van der Waals surface area contributed by atoms with Crippen molar-refractivity contribution >= 4 is 18.1 Å². The van der Waals surface area contributed by atoms with Gasteiger partial charge in [0.25, 0.3) is 0 Å². The number of rotatable bonds is 14. The first-order valence-electron chi connectivity index (χ1n) is 20.8. The fourth-order valence-corrected chi connectivity index (χ4v) is 7.71. The number of ether oxygens (including phenoxy) is 10. The molecule has 3 saturated heterocycles. The fourth-order valence-electron chi connectivity index (χ4n) is 7.71. The Kier molecular flexibility index (Phi) is 15.3. The third-order valence-electron chi connectivity index (χ3n) is 11.5. The Bertz CT molecular complexity index is 2230. The van der Waals surface area contributed by atoms with Crippen molar-refractivity contribution in [3.8, 4) is 40.2 Å². The van der Waals surface area contributed by atoms with E-state index in [-0.39, 0.29) is 51.4 Å². The highest BCUT2D eigenvalue weighted by molar-refractivity contribution is 5.87. The van der Waals surface area contributed by atoms with Crippen molar-refractivity contribution in [1.29, 1.82) is 0 Å². The van der Waals surface area contributed by atoms with Gasteiger partial charge in [0.1, 0.15) is 89.8 Å². The standard InChI is InChI=1S/C44H52O23/c1-17-40(67-30(48)9-6-18-4-7-20(46)8-5-18)36(54)39(57)42(61-17)60-16-29-33(51)35(53)38(56)44(66-29)64-27-14-22-23(62-41(27)19-10-25(58-2)31(49)26(11-19)59-3)12-21(47)13-24(22)63-43-37(55)34(52)32(50)28(15-45)65-43/h4-14,17,28-29,32-47,49-57H,15-16H2,1-3H3/b9-6-/t17-,28-,29+,32-,33-,34-,35+,36-,37+,38-,39-,40-,41?,42+,43+,44+/m0/s1. The molecular weight excluding hydrogens is 896 g/mol. The Hall–Kier alpha value is -5.51. The molecule has 4 aliphatic rings. The van der Waals surface area contributed by atoms with Crippen molar-refractivity contribution in [3.05, 3.63) is 77.1 Å². The van der Waals surface area contributed by atoms with Crippen molar-refractivity contribution in [2.45, 2.75) is 105 Å². The predicted octanol–water partition coefficient (Wildman–Crippen LogP) is -1.59. The number of aliphatic hydroxyl groups is 9. The van der Waals surface area contributed by atoms with Crippen LogP contribution < -0.4 is 18.9 Å². The van der Waals surface area contributed by atoms with Crippen LogP contribution in [-0.4, -0.2) is 187 Å². The van der Waals surface area contributed by atoms with Crippen LogP contribution in [-0.2, 0) is 33.2 Å². The van der Waals surface area contributed by atoms with Gasteiger partial charge in [0, 0.05) is 23.8 Å². The first-order chi connectivity index (χ1) is 31.9. The first kappa shape index (κ1) is 49.4. The lowest BCUT2D eigenvalue weighted by Gasteiger charge is -2.43. The molecule has 0 saturated carbocycles. The van der Waals surface area contributed by atoms with Crippen LogP contribution in [0.25, 0.3) is 12.2 Å². The Balaban J connectivity index is 1.12. The van der Waals surface area contributed by atoms with Gasteiger partial charge < -0.3 is 109 Å². The number of phenolic OH excluding ortho intramolecular Hbond substituents is 3. The van der Waals surface area contributed by atoms with Crippen LogP contribution in [0.2, 0.25) is 0 Å². The largest absolute Gasteiger partial charge is 0.508 e. The van der Waals surface area contributed by atoms with Gasteiger partial charge in [-0.15, -0.1) is 0 Å². The molecule has 366 valence electrons. The van der Waals surface area contributed by atoms with Gasteiger partial charge in [0.15, 0.2) is 30.0 Å². The molecule has 67 heavy (non-hydrogen) atoms. The van der Waals surface area contributed by atoms with Crippen LogP contribution in [0, 0.1) is 0 Å². The summed E-state index contributed by atoms with van der Waals surface area (Å²) in [7, 11) is 2.55. The number of hydrogen-bond acceptors (Lipinski definition) is 23. The molecular formula is C44H52O23. The molecule has 4 aliphatic heterocycles. The smallest absolute Gasteiger partial charge is 0.331 e. The number of fused-ring (bicyclic) bond motifs is 1. The van der Waals surface area contributed by atoms with Crippen molar-refractivity contribution in [2.24, 2.45) is 0 Å². The molecule has 7 rings (SSSR count). The van der Waals surface area contributed by atoms with Gasteiger partial charge >= 0.3 is 5.97 Å². The van der Waals surface area contributed by atoms with Crippen LogP contribution >= 0.6 is 0 Å². The highest BCUT2D eigenvalue weighted by Gasteiger charge is 2.50. The van der Waals surface area contributed by atoms with Gasteiger partial charge in [-0.1, -0.05) is 12.1 Å². The topological polar surface area (TPSA) is 352 Å². The van der Waals surface area contributed by atoms with E-state index < -0.39 is 123 Å². The SMILES string of the molecule is COc1cc(C2Oc3cc(O)cc(O[C@@H]4O[C@@H](CO)[C@H](O)[C@H](O)[C@H]4O)c3C=C2O[C@@H]2O[C@H](CO[C@@H]3O[C@@H](C)[C@H](OC(=O)/C=C\c4ccc(O)cc4)[C@@H](O)[C@@H]3O)[C@H](O)[C@@H](O)[C@@H]2O)cc(OC)c1O. The minimum Gasteiger partial charge on any atom is -0.508 e. The van der Waals surface area contributed by atoms with Gasteiger partial charge in [-0.25, -0.2) is 4.79 Å². The maximum atomic E-state index is 12.6. The number of aromatic hydroxyl groups is 3. The number of carbonyl (C=O) groups excluding carboxylic acids is 1. The number of benzene rings is 3. The number of aliphatic hydroxyl groups excluding tert-OH is 9. The quantitative estimate of drug-likeness (QED) is 0.0640. The van der Waals surface area contributed by atoms with E-state index in [1.165, 1.54) is 63.6 Å². The van der Waals surface area contributed by atoms with E-state index in [2.05, 4.69) is 0 Å². The average molecular weight is 949 g/mol. The highest BCUT2D eigenvalue weighted by atomic mass is 16.7. The van der Waals surface area contributed by atoms with Crippen LogP contribution in [0.4, 0.5) is 0 Å². The summed E-state index contributed by atoms with van der Waals surface area (Å²) in [6.45, 7) is 0.0197. The van der Waals surface area contributed by atoms with Crippen LogP contribution in [0.3, 0.4) is 0 Å². The van der Waals surface area contributed by atoms with E-state index in [0.29, 0.717) is 5.56 Å². The highest BCUT2D eigenvalue weighted by Crippen LogP contribution is 2.48. The monoisotopic (exact) mass is 948 g/mol. The molecule has 12 N–H and O–H groups in total. The number of carbonyl (C=O) groups is 1. The Morgan fingerprint density at radius 3 is 1.90 bits per heavy atom. The molecule has 23 nitrogen and oxygen atoms in total. The molecule has 1 unspecified atom stereocenters. The number of phenols is 3.